The molecule has 0 radical (unpaired) electrons. The number of esters is 1. The van der Waals surface area contributed by atoms with Crippen molar-refractivity contribution in [3.05, 3.63) is 29.5 Å². The average molecular weight is 219 g/mol. The van der Waals surface area contributed by atoms with E-state index in [4.69, 9.17) is 14.9 Å². The molecule has 0 aliphatic carbocycles. The molecule has 0 atom stereocenters. The largest absolute Gasteiger partial charge is 0.460 e. The number of carbonyl (C=O) groups excluding carboxylic acids is 1. The molecule has 1 heterocycles. The second-order valence-electron chi connectivity index (χ2n) is 3.54. The van der Waals surface area contributed by atoms with Gasteiger partial charge in [-0.25, -0.2) is 4.79 Å². The third-order valence-electron chi connectivity index (χ3n) is 2.44. The van der Waals surface area contributed by atoms with Gasteiger partial charge in [-0.05, 0) is 25.5 Å². The summed E-state index contributed by atoms with van der Waals surface area (Å²) in [5.41, 5.74) is 8.09. The van der Waals surface area contributed by atoms with Gasteiger partial charge in [0.05, 0.1) is 6.61 Å². The van der Waals surface area contributed by atoms with Gasteiger partial charge in [0.15, 0.2) is 0 Å². The summed E-state index contributed by atoms with van der Waals surface area (Å²) in [5, 5.41) is 0.753. The first kappa shape index (κ1) is 10.5. The molecule has 1 aromatic carbocycles. The Balaban J connectivity index is 2.52. The van der Waals surface area contributed by atoms with E-state index in [2.05, 4.69) is 0 Å². The van der Waals surface area contributed by atoms with Gasteiger partial charge in [-0.1, -0.05) is 6.07 Å². The Hall–Kier alpha value is -1.97. The van der Waals surface area contributed by atoms with Crippen molar-refractivity contribution in [1.29, 1.82) is 0 Å². The van der Waals surface area contributed by atoms with Crippen molar-refractivity contribution in [2.45, 2.75) is 13.8 Å². The minimum atomic E-state index is -0.462. The Bertz CT molecular complexity index is 542. The third-order valence-corrected chi connectivity index (χ3v) is 2.44. The Morgan fingerprint density at radius 2 is 2.25 bits per heavy atom. The lowest BCUT2D eigenvalue weighted by molar-refractivity contribution is 0.0492. The van der Waals surface area contributed by atoms with Gasteiger partial charge < -0.3 is 14.9 Å². The van der Waals surface area contributed by atoms with E-state index < -0.39 is 5.97 Å². The molecular weight excluding hydrogens is 206 g/mol. The normalized spacial score (nSPS) is 10.6. The smallest absolute Gasteiger partial charge is 0.374 e. The molecular formula is C12H13NO3. The highest BCUT2D eigenvalue weighted by molar-refractivity contribution is 5.98. The molecule has 0 spiro atoms. The number of nitrogen functional groups attached to an aromatic ring is 1. The van der Waals surface area contributed by atoms with Crippen molar-refractivity contribution < 1.29 is 13.9 Å². The zero-order chi connectivity index (χ0) is 11.7. The summed E-state index contributed by atoms with van der Waals surface area (Å²) in [6, 6.07) is 5.27. The van der Waals surface area contributed by atoms with E-state index in [0.29, 0.717) is 17.9 Å². The monoisotopic (exact) mass is 219 g/mol. The van der Waals surface area contributed by atoms with Gasteiger partial charge in [0.1, 0.15) is 5.58 Å². The predicted molar refractivity (Wildman–Crippen MR) is 61.3 cm³/mol. The highest BCUT2D eigenvalue weighted by atomic mass is 16.5. The molecule has 84 valence electrons. The zero-order valence-electron chi connectivity index (χ0n) is 9.24. The van der Waals surface area contributed by atoms with Crippen LogP contribution in [0.3, 0.4) is 0 Å². The fraction of sp³-hybridized carbons (Fsp3) is 0.250. The summed E-state index contributed by atoms with van der Waals surface area (Å²) in [5.74, 6) is -0.273. The van der Waals surface area contributed by atoms with E-state index in [1.165, 1.54) is 0 Å². The number of benzene rings is 1. The molecule has 2 rings (SSSR count). The highest BCUT2D eigenvalue weighted by Gasteiger charge is 2.14. The van der Waals surface area contributed by atoms with Crippen molar-refractivity contribution in [1.82, 2.24) is 0 Å². The van der Waals surface area contributed by atoms with Gasteiger partial charge in [0.25, 0.3) is 0 Å². The van der Waals surface area contributed by atoms with E-state index in [0.717, 1.165) is 10.9 Å². The number of hydrogen-bond donors (Lipinski definition) is 1. The third kappa shape index (κ3) is 1.62. The van der Waals surface area contributed by atoms with Gasteiger partial charge >= 0.3 is 5.97 Å². The van der Waals surface area contributed by atoms with E-state index >= 15 is 0 Å². The summed E-state index contributed by atoms with van der Waals surface area (Å²) >= 11 is 0. The first-order valence-corrected chi connectivity index (χ1v) is 5.09. The molecule has 0 unspecified atom stereocenters. The maximum absolute atomic E-state index is 11.5. The van der Waals surface area contributed by atoms with E-state index in [1.54, 1.807) is 19.1 Å². The number of aryl methyl sites for hydroxylation is 1. The van der Waals surface area contributed by atoms with Crippen LogP contribution in [0.4, 0.5) is 5.69 Å². The quantitative estimate of drug-likeness (QED) is 0.622. The van der Waals surface area contributed by atoms with Crippen LogP contribution in [0.2, 0.25) is 0 Å². The summed E-state index contributed by atoms with van der Waals surface area (Å²) in [6.07, 6.45) is 0. The summed E-state index contributed by atoms with van der Waals surface area (Å²) in [6.45, 7) is 3.98. The first-order valence-electron chi connectivity index (χ1n) is 5.09. The fourth-order valence-corrected chi connectivity index (χ4v) is 1.55. The molecule has 0 amide bonds. The number of nitrogens with two attached hydrogens (primary N) is 1. The lowest BCUT2D eigenvalue weighted by Crippen LogP contribution is -2.02. The molecule has 2 aromatic rings. The molecule has 0 saturated carbocycles. The molecule has 0 bridgehead atoms. The lowest BCUT2D eigenvalue weighted by atomic mass is 10.1. The van der Waals surface area contributed by atoms with Gasteiger partial charge in [0.2, 0.25) is 5.76 Å². The van der Waals surface area contributed by atoms with Crippen molar-refractivity contribution in [2.24, 2.45) is 0 Å². The van der Waals surface area contributed by atoms with Crippen LogP contribution >= 0.6 is 0 Å². The van der Waals surface area contributed by atoms with Crippen molar-refractivity contribution in [3.63, 3.8) is 0 Å². The van der Waals surface area contributed by atoms with Gasteiger partial charge in [-0.15, -0.1) is 0 Å². The maximum atomic E-state index is 11.5. The Kier molecular flexibility index (Phi) is 2.56. The van der Waals surface area contributed by atoms with Crippen LogP contribution in [0.1, 0.15) is 23.0 Å². The maximum Gasteiger partial charge on any atom is 0.374 e. The van der Waals surface area contributed by atoms with Crippen molar-refractivity contribution in [3.8, 4) is 0 Å². The van der Waals surface area contributed by atoms with Crippen LogP contribution in [0, 0.1) is 6.92 Å². The fourth-order valence-electron chi connectivity index (χ4n) is 1.55. The molecule has 0 saturated heterocycles. The van der Waals surface area contributed by atoms with Crippen molar-refractivity contribution >= 4 is 22.6 Å². The van der Waals surface area contributed by atoms with Gasteiger partial charge in [-0.2, -0.15) is 0 Å². The molecule has 2 N–H and O–H groups in total. The molecule has 4 nitrogen and oxygen atoms in total. The highest BCUT2D eigenvalue weighted by Crippen LogP contribution is 2.27. The Morgan fingerprint density at radius 1 is 1.50 bits per heavy atom. The summed E-state index contributed by atoms with van der Waals surface area (Å²) in [4.78, 5) is 11.5. The van der Waals surface area contributed by atoms with E-state index in [1.807, 2.05) is 13.0 Å². The predicted octanol–water partition coefficient (Wildman–Crippen LogP) is 2.50. The Morgan fingerprint density at radius 3 is 2.94 bits per heavy atom. The van der Waals surface area contributed by atoms with Crippen LogP contribution in [-0.2, 0) is 4.74 Å². The average Bonchev–Trinajstić information content (AvgIpc) is 2.69. The summed E-state index contributed by atoms with van der Waals surface area (Å²) < 4.78 is 10.2. The molecule has 16 heavy (non-hydrogen) atoms. The molecule has 0 aliphatic heterocycles. The summed E-state index contributed by atoms with van der Waals surface area (Å²) in [7, 11) is 0. The number of rotatable bonds is 2. The molecule has 4 heteroatoms. The topological polar surface area (TPSA) is 65.5 Å². The lowest BCUT2D eigenvalue weighted by Gasteiger charge is -1.98. The minimum Gasteiger partial charge on any atom is -0.460 e. The number of carbonyl (C=O) groups is 1. The SMILES string of the molecule is CCOC(=O)c1cc2c(N)c(C)ccc2o1. The molecule has 0 aliphatic rings. The second kappa shape index (κ2) is 3.89. The standard InChI is InChI=1S/C12H13NO3/c1-3-15-12(14)10-6-8-9(16-10)5-4-7(2)11(8)13/h4-6H,3,13H2,1-2H3. The number of anilines is 1. The van der Waals surface area contributed by atoms with Crippen molar-refractivity contribution in [2.75, 3.05) is 12.3 Å². The zero-order valence-corrected chi connectivity index (χ0v) is 9.24. The van der Waals surface area contributed by atoms with Gasteiger partial charge in [-0.3, -0.25) is 0 Å². The van der Waals surface area contributed by atoms with Gasteiger partial charge in [0, 0.05) is 17.1 Å². The minimum absolute atomic E-state index is 0.189. The van der Waals surface area contributed by atoms with Crippen LogP contribution in [-0.4, -0.2) is 12.6 Å². The Labute approximate surface area is 93.0 Å². The molecule has 0 fully saturated rings. The van der Waals surface area contributed by atoms with Crippen LogP contribution < -0.4 is 5.73 Å². The number of ether oxygens (including phenoxy) is 1. The van der Waals surface area contributed by atoms with E-state index in [-0.39, 0.29) is 5.76 Å². The number of fused-ring (bicyclic) bond motifs is 1. The number of hydrogen-bond acceptors (Lipinski definition) is 4. The number of furan rings is 1. The van der Waals surface area contributed by atoms with Crippen LogP contribution in [0.25, 0.3) is 11.0 Å². The first-order chi connectivity index (χ1) is 7.63. The van der Waals surface area contributed by atoms with Crippen LogP contribution in [0.15, 0.2) is 22.6 Å². The van der Waals surface area contributed by atoms with Crippen LogP contribution in [0.5, 0.6) is 0 Å². The van der Waals surface area contributed by atoms with E-state index in [9.17, 15) is 4.79 Å². The molecule has 1 aromatic heterocycles. The second-order valence-corrected chi connectivity index (χ2v) is 3.54.